The minimum Gasteiger partial charge on any atom is -0.497 e. The molecule has 1 aliphatic rings. The van der Waals surface area contributed by atoms with Crippen molar-refractivity contribution in [2.75, 3.05) is 18.6 Å². The van der Waals surface area contributed by atoms with Gasteiger partial charge < -0.3 is 9.64 Å². The van der Waals surface area contributed by atoms with Crippen molar-refractivity contribution in [3.63, 3.8) is 0 Å². The van der Waals surface area contributed by atoms with Crippen molar-refractivity contribution in [3.8, 4) is 5.75 Å². The molecule has 0 radical (unpaired) electrons. The first-order valence-electron chi connectivity index (χ1n) is 5.63. The van der Waals surface area contributed by atoms with Gasteiger partial charge in [0.15, 0.2) is 0 Å². The topological polar surface area (TPSA) is 29.5 Å². The van der Waals surface area contributed by atoms with Gasteiger partial charge in [-0.2, -0.15) is 0 Å². The number of anilines is 1. The van der Waals surface area contributed by atoms with E-state index in [1.165, 1.54) is 5.69 Å². The van der Waals surface area contributed by atoms with Gasteiger partial charge in [0.05, 0.1) is 7.11 Å². The highest BCUT2D eigenvalue weighted by molar-refractivity contribution is 5.81. The van der Waals surface area contributed by atoms with Gasteiger partial charge in [-0.15, -0.1) is 0 Å². The Hall–Kier alpha value is -1.51. The maximum absolute atomic E-state index is 11.3. The summed E-state index contributed by atoms with van der Waals surface area (Å²) in [6.45, 7) is 2.92. The van der Waals surface area contributed by atoms with Gasteiger partial charge in [-0.1, -0.05) is 0 Å². The number of carbonyl (C=O) groups is 1. The number of carbonyl (C=O) groups excluding carboxylic acids is 1. The van der Waals surface area contributed by atoms with Crippen molar-refractivity contribution in [1.82, 2.24) is 0 Å². The average Bonchev–Trinajstić information content (AvgIpc) is 2.29. The predicted octanol–water partition coefficient (Wildman–Crippen LogP) is 2.25. The molecule has 0 aromatic heterocycles. The Bertz CT molecular complexity index is 372. The summed E-state index contributed by atoms with van der Waals surface area (Å²) in [5.74, 6) is 1.24. The van der Waals surface area contributed by atoms with Crippen molar-refractivity contribution in [2.24, 2.45) is 0 Å². The molecule has 1 heterocycles. The molecule has 1 saturated heterocycles. The molecule has 2 rings (SSSR count). The number of hydrogen-bond donors (Lipinski definition) is 0. The van der Waals surface area contributed by atoms with Crippen LogP contribution in [0.5, 0.6) is 5.75 Å². The number of rotatable bonds is 2. The molecule has 0 N–H and O–H groups in total. The monoisotopic (exact) mass is 219 g/mol. The molecule has 86 valence electrons. The van der Waals surface area contributed by atoms with E-state index in [1.54, 1.807) is 7.11 Å². The van der Waals surface area contributed by atoms with Crippen molar-refractivity contribution >= 4 is 11.5 Å². The van der Waals surface area contributed by atoms with Gasteiger partial charge in [0.25, 0.3) is 0 Å². The highest BCUT2D eigenvalue weighted by Crippen LogP contribution is 2.25. The standard InChI is InChI=1S/C13H17NO2/c1-10-9-12(15)7-8-14(10)11-3-5-13(16-2)6-4-11/h3-6,10H,7-9H2,1-2H3. The molecule has 3 heteroatoms. The van der Waals surface area contributed by atoms with Gasteiger partial charge in [-0.05, 0) is 31.2 Å². The van der Waals surface area contributed by atoms with E-state index in [1.807, 2.05) is 24.3 Å². The van der Waals surface area contributed by atoms with Crippen LogP contribution in [0.4, 0.5) is 5.69 Å². The fourth-order valence-corrected chi connectivity index (χ4v) is 2.16. The van der Waals surface area contributed by atoms with Crippen molar-refractivity contribution in [3.05, 3.63) is 24.3 Å². The Kier molecular flexibility index (Phi) is 3.13. The Balaban J connectivity index is 2.14. The molecule has 0 aliphatic carbocycles. The van der Waals surface area contributed by atoms with Crippen LogP contribution >= 0.6 is 0 Å². The van der Waals surface area contributed by atoms with Crippen molar-refractivity contribution < 1.29 is 9.53 Å². The van der Waals surface area contributed by atoms with E-state index >= 15 is 0 Å². The summed E-state index contributed by atoms with van der Waals surface area (Å²) in [5.41, 5.74) is 1.17. The molecular formula is C13H17NO2. The molecule has 1 aromatic rings. The van der Waals surface area contributed by atoms with Crippen LogP contribution in [0, 0.1) is 0 Å². The van der Waals surface area contributed by atoms with E-state index in [9.17, 15) is 4.79 Å². The van der Waals surface area contributed by atoms with Crippen LogP contribution in [0.2, 0.25) is 0 Å². The number of methoxy groups -OCH3 is 1. The molecule has 0 amide bonds. The SMILES string of the molecule is COc1ccc(N2CCC(=O)CC2C)cc1. The lowest BCUT2D eigenvalue weighted by molar-refractivity contribution is -0.120. The zero-order valence-electron chi connectivity index (χ0n) is 9.77. The fraction of sp³-hybridized carbons (Fsp3) is 0.462. The smallest absolute Gasteiger partial charge is 0.136 e. The molecule has 0 spiro atoms. The van der Waals surface area contributed by atoms with Gasteiger partial charge >= 0.3 is 0 Å². The summed E-state index contributed by atoms with van der Waals surface area (Å²) >= 11 is 0. The second kappa shape index (κ2) is 4.56. The lowest BCUT2D eigenvalue weighted by Gasteiger charge is -2.34. The first kappa shape index (κ1) is 11.0. The van der Waals surface area contributed by atoms with Crippen LogP contribution < -0.4 is 9.64 Å². The summed E-state index contributed by atoms with van der Waals surface area (Å²) in [6.07, 6.45) is 1.32. The van der Waals surface area contributed by atoms with Crippen LogP contribution in [-0.4, -0.2) is 25.5 Å². The molecule has 1 aliphatic heterocycles. The second-order valence-corrected chi connectivity index (χ2v) is 4.23. The first-order valence-corrected chi connectivity index (χ1v) is 5.63. The quantitative estimate of drug-likeness (QED) is 0.764. The molecule has 16 heavy (non-hydrogen) atoms. The Morgan fingerprint density at radius 1 is 1.31 bits per heavy atom. The molecule has 3 nitrogen and oxygen atoms in total. The number of Topliss-reactive ketones (excluding diaryl/α,β-unsaturated/α-hetero) is 1. The lowest BCUT2D eigenvalue weighted by atomic mass is 10.0. The third kappa shape index (κ3) is 2.18. The molecule has 1 aromatic carbocycles. The van der Waals surface area contributed by atoms with Crippen molar-refractivity contribution in [1.29, 1.82) is 0 Å². The van der Waals surface area contributed by atoms with Crippen LogP contribution in [-0.2, 0) is 4.79 Å². The highest BCUT2D eigenvalue weighted by atomic mass is 16.5. The summed E-state index contributed by atoms with van der Waals surface area (Å²) in [4.78, 5) is 13.6. The summed E-state index contributed by atoms with van der Waals surface area (Å²) < 4.78 is 5.13. The zero-order valence-corrected chi connectivity index (χ0v) is 9.77. The Morgan fingerprint density at radius 2 is 2.00 bits per heavy atom. The van der Waals surface area contributed by atoms with E-state index in [4.69, 9.17) is 4.74 Å². The number of hydrogen-bond acceptors (Lipinski definition) is 3. The van der Waals surface area contributed by atoms with Crippen LogP contribution in [0.25, 0.3) is 0 Å². The van der Waals surface area contributed by atoms with E-state index in [0.717, 1.165) is 12.3 Å². The average molecular weight is 219 g/mol. The van der Waals surface area contributed by atoms with Crippen LogP contribution in [0.1, 0.15) is 19.8 Å². The molecular weight excluding hydrogens is 202 g/mol. The number of benzene rings is 1. The molecule has 1 unspecified atom stereocenters. The van der Waals surface area contributed by atoms with E-state index in [0.29, 0.717) is 24.7 Å². The van der Waals surface area contributed by atoms with Crippen molar-refractivity contribution in [2.45, 2.75) is 25.8 Å². The number of piperidine rings is 1. The molecule has 0 saturated carbocycles. The highest BCUT2D eigenvalue weighted by Gasteiger charge is 2.23. The largest absolute Gasteiger partial charge is 0.497 e. The third-order valence-corrected chi connectivity index (χ3v) is 3.09. The number of ketones is 1. The summed E-state index contributed by atoms with van der Waals surface area (Å²) in [6, 6.07) is 8.31. The summed E-state index contributed by atoms with van der Waals surface area (Å²) in [7, 11) is 1.66. The maximum atomic E-state index is 11.3. The minimum atomic E-state index is 0.301. The molecule has 1 fully saturated rings. The normalized spacial score (nSPS) is 21.0. The van der Waals surface area contributed by atoms with Gasteiger partial charge in [-0.3, -0.25) is 4.79 Å². The summed E-state index contributed by atoms with van der Waals surface area (Å²) in [5, 5.41) is 0. The number of ether oxygens (including phenoxy) is 1. The molecule has 0 bridgehead atoms. The van der Waals surface area contributed by atoms with Crippen LogP contribution in [0.15, 0.2) is 24.3 Å². The maximum Gasteiger partial charge on any atom is 0.136 e. The zero-order chi connectivity index (χ0) is 11.5. The Morgan fingerprint density at radius 3 is 2.56 bits per heavy atom. The van der Waals surface area contributed by atoms with Gasteiger partial charge in [0.1, 0.15) is 11.5 Å². The van der Waals surface area contributed by atoms with Gasteiger partial charge in [-0.25, -0.2) is 0 Å². The molecule has 1 atom stereocenters. The number of nitrogens with zero attached hydrogens (tertiary/aromatic N) is 1. The minimum absolute atomic E-state index is 0.301. The predicted molar refractivity (Wildman–Crippen MR) is 64.0 cm³/mol. The van der Waals surface area contributed by atoms with E-state index in [-0.39, 0.29) is 0 Å². The first-order chi connectivity index (χ1) is 7.70. The lowest BCUT2D eigenvalue weighted by Crippen LogP contribution is -2.41. The third-order valence-electron chi connectivity index (χ3n) is 3.09. The van der Waals surface area contributed by atoms with E-state index < -0.39 is 0 Å². The van der Waals surface area contributed by atoms with Crippen LogP contribution in [0.3, 0.4) is 0 Å². The van der Waals surface area contributed by atoms with Gasteiger partial charge in [0.2, 0.25) is 0 Å². The second-order valence-electron chi connectivity index (χ2n) is 4.23. The van der Waals surface area contributed by atoms with Gasteiger partial charge in [0, 0.05) is 31.1 Å². The Labute approximate surface area is 96.0 Å². The fourth-order valence-electron chi connectivity index (χ4n) is 2.16. The van der Waals surface area contributed by atoms with E-state index in [2.05, 4.69) is 11.8 Å².